The lowest BCUT2D eigenvalue weighted by Gasteiger charge is -2.34. The molecular formula is C10H20N2O2. The number of rotatable bonds is 4. The van der Waals surface area contributed by atoms with Crippen LogP contribution in [0.15, 0.2) is 0 Å². The van der Waals surface area contributed by atoms with E-state index in [2.05, 4.69) is 0 Å². The molecule has 0 aromatic heterocycles. The third-order valence-corrected chi connectivity index (χ3v) is 3.13. The van der Waals surface area contributed by atoms with E-state index in [1.165, 1.54) is 0 Å². The monoisotopic (exact) mass is 200 g/mol. The van der Waals surface area contributed by atoms with Crippen molar-refractivity contribution < 1.29 is 9.90 Å². The van der Waals surface area contributed by atoms with Crippen LogP contribution < -0.4 is 5.73 Å². The predicted molar refractivity (Wildman–Crippen MR) is 55.1 cm³/mol. The Bertz CT molecular complexity index is 189. The van der Waals surface area contributed by atoms with Crippen LogP contribution in [0.25, 0.3) is 0 Å². The maximum Gasteiger partial charge on any atom is 0.320 e. The second-order valence-electron chi connectivity index (χ2n) is 4.07. The van der Waals surface area contributed by atoms with Crippen molar-refractivity contribution >= 4 is 5.97 Å². The van der Waals surface area contributed by atoms with E-state index < -0.39 is 5.97 Å². The van der Waals surface area contributed by atoms with Crippen molar-refractivity contribution in [2.75, 3.05) is 19.6 Å². The van der Waals surface area contributed by atoms with E-state index in [4.69, 9.17) is 10.8 Å². The van der Waals surface area contributed by atoms with Gasteiger partial charge < -0.3 is 10.8 Å². The molecule has 1 rings (SSSR count). The van der Waals surface area contributed by atoms with Crippen molar-refractivity contribution in [1.29, 1.82) is 0 Å². The molecule has 0 saturated carbocycles. The Morgan fingerprint density at radius 2 is 2.14 bits per heavy atom. The zero-order chi connectivity index (χ0) is 10.6. The molecule has 0 spiro atoms. The lowest BCUT2D eigenvalue weighted by Crippen LogP contribution is -2.44. The van der Waals surface area contributed by atoms with Crippen LogP contribution in [0.5, 0.6) is 0 Å². The molecule has 1 fully saturated rings. The Morgan fingerprint density at radius 1 is 1.57 bits per heavy atom. The first-order chi connectivity index (χ1) is 6.65. The highest BCUT2D eigenvalue weighted by molar-refractivity contribution is 5.72. The summed E-state index contributed by atoms with van der Waals surface area (Å²) in [4.78, 5) is 12.8. The Labute approximate surface area is 85.1 Å². The Morgan fingerprint density at radius 3 is 2.57 bits per heavy atom. The van der Waals surface area contributed by atoms with E-state index in [1.54, 1.807) is 6.92 Å². The second-order valence-corrected chi connectivity index (χ2v) is 4.07. The van der Waals surface area contributed by atoms with Crippen LogP contribution in [-0.2, 0) is 4.79 Å². The van der Waals surface area contributed by atoms with Gasteiger partial charge in [-0.25, -0.2) is 0 Å². The molecule has 1 saturated heterocycles. The molecule has 1 aliphatic rings. The molecule has 1 heterocycles. The van der Waals surface area contributed by atoms with Crippen LogP contribution in [-0.4, -0.2) is 41.7 Å². The van der Waals surface area contributed by atoms with Gasteiger partial charge in [0.05, 0.1) is 0 Å². The lowest BCUT2D eigenvalue weighted by atomic mass is 9.93. The van der Waals surface area contributed by atoms with Gasteiger partial charge in [0, 0.05) is 0 Å². The van der Waals surface area contributed by atoms with Crippen LogP contribution in [0, 0.1) is 5.92 Å². The summed E-state index contributed by atoms with van der Waals surface area (Å²) in [5.74, 6) is -0.0143. The first-order valence-corrected chi connectivity index (χ1v) is 5.32. The predicted octanol–water partition coefficient (Wildman–Crippen LogP) is 0.520. The molecule has 0 aliphatic carbocycles. The molecule has 1 unspecified atom stereocenters. The van der Waals surface area contributed by atoms with Gasteiger partial charge >= 0.3 is 5.97 Å². The van der Waals surface area contributed by atoms with Crippen LogP contribution in [0.2, 0.25) is 0 Å². The average molecular weight is 200 g/mol. The first kappa shape index (κ1) is 11.5. The smallest absolute Gasteiger partial charge is 0.320 e. The van der Waals surface area contributed by atoms with Gasteiger partial charge in [-0.15, -0.1) is 0 Å². The van der Waals surface area contributed by atoms with Gasteiger partial charge in [-0.05, 0) is 51.7 Å². The molecule has 0 radical (unpaired) electrons. The molecule has 0 amide bonds. The third-order valence-electron chi connectivity index (χ3n) is 3.13. The summed E-state index contributed by atoms with van der Waals surface area (Å²) >= 11 is 0. The molecule has 1 atom stereocenters. The quantitative estimate of drug-likeness (QED) is 0.694. The van der Waals surface area contributed by atoms with Crippen LogP contribution in [0.4, 0.5) is 0 Å². The summed E-state index contributed by atoms with van der Waals surface area (Å²) in [7, 11) is 0. The molecule has 14 heavy (non-hydrogen) atoms. The fraction of sp³-hybridized carbons (Fsp3) is 0.900. The van der Waals surface area contributed by atoms with Crippen LogP contribution in [0.3, 0.4) is 0 Å². The number of nitrogens with zero attached hydrogens (tertiary/aromatic N) is 1. The van der Waals surface area contributed by atoms with Crippen molar-refractivity contribution in [2.45, 2.75) is 32.2 Å². The summed E-state index contributed by atoms with van der Waals surface area (Å²) < 4.78 is 0. The van der Waals surface area contributed by atoms with E-state index >= 15 is 0 Å². The average Bonchev–Trinajstić information content (AvgIpc) is 2.18. The minimum atomic E-state index is -0.720. The number of aliphatic carboxylic acids is 1. The molecule has 0 aromatic rings. The first-order valence-electron chi connectivity index (χ1n) is 5.32. The van der Waals surface area contributed by atoms with Gasteiger partial charge in [-0.2, -0.15) is 0 Å². The van der Waals surface area contributed by atoms with E-state index in [9.17, 15) is 4.79 Å². The van der Waals surface area contributed by atoms with E-state index in [0.717, 1.165) is 38.9 Å². The lowest BCUT2D eigenvalue weighted by molar-refractivity contribution is -0.143. The number of carboxylic acid groups (broad SMARTS) is 1. The fourth-order valence-corrected chi connectivity index (χ4v) is 2.02. The van der Waals surface area contributed by atoms with Crippen molar-refractivity contribution in [3.63, 3.8) is 0 Å². The number of carbonyl (C=O) groups is 1. The Hall–Kier alpha value is -0.610. The molecule has 0 bridgehead atoms. The van der Waals surface area contributed by atoms with Gasteiger partial charge in [0.1, 0.15) is 6.04 Å². The molecule has 0 aromatic carbocycles. The molecular weight excluding hydrogens is 180 g/mol. The highest BCUT2D eigenvalue weighted by Gasteiger charge is 2.25. The molecule has 4 nitrogen and oxygen atoms in total. The van der Waals surface area contributed by atoms with Gasteiger partial charge in [-0.1, -0.05) is 0 Å². The van der Waals surface area contributed by atoms with Crippen molar-refractivity contribution in [3.05, 3.63) is 0 Å². The van der Waals surface area contributed by atoms with Gasteiger partial charge in [0.15, 0.2) is 0 Å². The maximum atomic E-state index is 10.7. The summed E-state index contributed by atoms with van der Waals surface area (Å²) in [5, 5.41) is 8.84. The number of nitrogens with two attached hydrogens (primary N) is 1. The fourth-order valence-electron chi connectivity index (χ4n) is 2.02. The maximum absolute atomic E-state index is 10.7. The van der Waals surface area contributed by atoms with E-state index in [0.29, 0.717) is 5.92 Å². The number of piperidine rings is 1. The van der Waals surface area contributed by atoms with Crippen LogP contribution >= 0.6 is 0 Å². The van der Waals surface area contributed by atoms with Crippen molar-refractivity contribution in [2.24, 2.45) is 11.7 Å². The summed E-state index contributed by atoms with van der Waals surface area (Å²) in [5.41, 5.74) is 5.49. The minimum Gasteiger partial charge on any atom is -0.480 e. The number of likely N-dealkylation sites (tertiary alicyclic amines) is 1. The van der Waals surface area contributed by atoms with E-state index in [1.807, 2.05) is 4.90 Å². The van der Waals surface area contributed by atoms with Crippen LogP contribution in [0.1, 0.15) is 26.2 Å². The topological polar surface area (TPSA) is 66.6 Å². The van der Waals surface area contributed by atoms with Gasteiger partial charge in [0.2, 0.25) is 0 Å². The van der Waals surface area contributed by atoms with Crippen molar-refractivity contribution in [1.82, 2.24) is 4.90 Å². The summed E-state index contributed by atoms with van der Waals surface area (Å²) in [6.45, 7) is 4.31. The molecule has 1 aliphatic heterocycles. The Kier molecular flexibility index (Phi) is 4.35. The van der Waals surface area contributed by atoms with Crippen molar-refractivity contribution in [3.8, 4) is 0 Å². The molecule has 82 valence electrons. The number of hydrogen-bond donors (Lipinski definition) is 2. The summed E-state index contributed by atoms with van der Waals surface area (Å²) in [6, 6.07) is -0.339. The number of hydrogen-bond acceptors (Lipinski definition) is 3. The summed E-state index contributed by atoms with van der Waals surface area (Å²) in [6.07, 6.45) is 3.26. The van der Waals surface area contributed by atoms with Gasteiger partial charge in [0.25, 0.3) is 0 Å². The third kappa shape index (κ3) is 2.96. The minimum absolute atomic E-state index is 0.339. The van der Waals surface area contributed by atoms with E-state index in [-0.39, 0.29) is 6.04 Å². The zero-order valence-corrected chi connectivity index (χ0v) is 8.78. The second kappa shape index (κ2) is 5.32. The van der Waals surface area contributed by atoms with Gasteiger partial charge in [-0.3, -0.25) is 9.69 Å². The standard InChI is InChI=1S/C10H20N2O2/c1-8(10(13)14)12-6-3-9(2-5-11)4-7-12/h8-9H,2-7,11H2,1H3,(H,13,14). The molecule has 4 heteroatoms. The molecule has 3 N–H and O–H groups in total. The highest BCUT2D eigenvalue weighted by atomic mass is 16.4. The number of carboxylic acids is 1. The largest absolute Gasteiger partial charge is 0.480 e. The Balaban J connectivity index is 2.31. The highest BCUT2D eigenvalue weighted by Crippen LogP contribution is 2.21. The zero-order valence-electron chi connectivity index (χ0n) is 8.78. The normalized spacial score (nSPS) is 22.1. The SMILES string of the molecule is CC(C(=O)O)N1CCC(CCN)CC1.